The third-order valence-electron chi connectivity index (χ3n) is 3.49. The second-order valence-corrected chi connectivity index (χ2v) is 5.08. The highest BCUT2D eigenvalue weighted by Gasteiger charge is 2.31. The van der Waals surface area contributed by atoms with E-state index in [-0.39, 0.29) is 29.0 Å². The van der Waals surface area contributed by atoms with Gasteiger partial charge in [-0.2, -0.15) is 8.78 Å². The first-order chi connectivity index (χ1) is 9.99. The molecule has 4 nitrogen and oxygen atoms in total. The second kappa shape index (κ2) is 6.65. The van der Waals surface area contributed by atoms with E-state index < -0.39 is 6.61 Å². The van der Waals surface area contributed by atoms with Crippen LogP contribution in [0.1, 0.15) is 36.5 Å². The third kappa shape index (κ3) is 3.77. The van der Waals surface area contributed by atoms with Gasteiger partial charge in [0.1, 0.15) is 11.5 Å². The lowest BCUT2D eigenvalue weighted by molar-refractivity contribution is -0.117. The van der Waals surface area contributed by atoms with Gasteiger partial charge in [-0.1, -0.05) is 12.1 Å². The highest BCUT2D eigenvalue weighted by Crippen LogP contribution is 2.27. The van der Waals surface area contributed by atoms with E-state index in [0.717, 1.165) is 12.8 Å². The maximum absolute atomic E-state index is 12.5. The Kier molecular flexibility index (Phi) is 4.88. The minimum Gasteiger partial charge on any atom is -0.434 e. The zero-order valence-electron chi connectivity index (χ0n) is 11.7. The van der Waals surface area contributed by atoms with Crippen LogP contribution in [0.15, 0.2) is 24.3 Å². The van der Waals surface area contributed by atoms with Crippen molar-refractivity contribution in [2.75, 3.05) is 6.54 Å². The van der Waals surface area contributed by atoms with Crippen molar-refractivity contribution in [1.29, 1.82) is 0 Å². The van der Waals surface area contributed by atoms with Crippen LogP contribution in [0.25, 0.3) is 0 Å². The van der Waals surface area contributed by atoms with Crippen molar-refractivity contribution >= 4 is 11.7 Å². The van der Waals surface area contributed by atoms with Gasteiger partial charge < -0.3 is 9.64 Å². The fourth-order valence-corrected chi connectivity index (χ4v) is 2.64. The fraction of sp³-hybridized carbons (Fsp3) is 0.467. The molecule has 0 aliphatic carbocycles. The molecule has 2 rings (SSSR count). The highest BCUT2D eigenvalue weighted by molar-refractivity contribution is 5.97. The number of para-hydroxylation sites is 1. The minimum atomic E-state index is -2.98. The Hall–Kier alpha value is -1.98. The van der Waals surface area contributed by atoms with Gasteiger partial charge in [-0.3, -0.25) is 9.59 Å². The van der Waals surface area contributed by atoms with E-state index in [1.807, 2.05) is 0 Å². The molecule has 1 heterocycles. The number of alkyl halides is 2. The molecule has 1 unspecified atom stereocenters. The summed E-state index contributed by atoms with van der Waals surface area (Å²) >= 11 is 0. The van der Waals surface area contributed by atoms with Gasteiger partial charge >= 0.3 is 6.61 Å². The molecule has 21 heavy (non-hydrogen) atoms. The van der Waals surface area contributed by atoms with E-state index in [2.05, 4.69) is 4.74 Å². The first-order valence-electron chi connectivity index (χ1n) is 6.83. The van der Waals surface area contributed by atoms with E-state index in [1.165, 1.54) is 25.1 Å². The summed E-state index contributed by atoms with van der Waals surface area (Å²) < 4.78 is 29.2. The van der Waals surface area contributed by atoms with Crippen molar-refractivity contribution in [3.8, 4) is 5.75 Å². The first-order valence-corrected chi connectivity index (χ1v) is 6.83. The molecule has 1 atom stereocenters. The maximum Gasteiger partial charge on any atom is 0.387 e. The number of hydrogen-bond acceptors (Lipinski definition) is 3. The van der Waals surface area contributed by atoms with Gasteiger partial charge in [-0.25, -0.2) is 0 Å². The van der Waals surface area contributed by atoms with Crippen LogP contribution in [0.2, 0.25) is 0 Å². The SMILES string of the molecule is CC(=O)CC1CCCN1C(=O)c1ccccc1OC(F)F. The van der Waals surface area contributed by atoms with E-state index in [9.17, 15) is 18.4 Å². The summed E-state index contributed by atoms with van der Waals surface area (Å²) in [5.74, 6) is -0.488. The molecule has 1 aliphatic rings. The second-order valence-electron chi connectivity index (χ2n) is 5.08. The van der Waals surface area contributed by atoms with Crippen molar-refractivity contribution in [1.82, 2.24) is 4.90 Å². The molecule has 0 saturated carbocycles. The Morgan fingerprint density at radius 2 is 2.10 bits per heavy atom. The van der Waals surface area contributed by atoms with Crippen LogP contribution in [0.3, 0.4) is 0 Å². The number of hydrogen-bond donors (Lipinski definition) is 0. The van der Waals surface area contributed by atoms with Crippen molar-refractivity contribution in [2.45, 2.75) is 38.8 Å². The zero-order valence-corrected chi connectivity index (χ0v) is 11.7. The quantitative estimate of drug-likeness (QED) is 0.839. The Balaban J connectivity index is 2.21. The summed E-state index contributed by atoms with van der Waals surface area (Å²) in [6.45, 7) is -0.972. The molecule has 1 fully saturated rings. The number of Topliss-reactive ketones (excluding diaryl/α,β-unsaturated/α-hetero) is 1. The molecule has 114 valence electrons. The van der Waals surface area contributed by atoms with Crippen LogP contribution in [0.5, 0.6) is 5.75 Å². The number of amides is 1. The number of benzene rings is 1. The van der Waals surface area contributed by atoms with Crippen molar-refractivity contribution < 1.29 is 23.1 Å². The summed E-state index contributed by atoms with van der Waals surface area (Å²) in [4.78, 5) is 25.4. The minimum absolute atomic E-state index is 0.0109. The lowest BCUT2D eigenvalue weighted by Crippen LogP contribution is -2.36. The standard InChI is InChI=1S/C15H17F2NO3/c1-10(19)9-11-5-4-8-18(11)14(20)12-6-2-3-7-13(12)21-15(16)17/h2-3,6-7,11,15H,4-5,8-9H2,1H3. The summed E-state index contributed by atoms with van der Waals surface area (Å²) in [6.07, 6.45) is 1.86. The number of ether oxygens (including phenoxy) is 1. The lowest BCUT2D eigenvalue weighted by atomic mass is 10.1. The molecule has 0 spiro atoms. The van der Waals surface area contributed by atoms with Gasteiger partial charge in [0, 0.05) is 19.0 Å². The van der Waals surface area contributed by atoms with Crippen molar-refractivity contribution in [3.05, 3.63) is 29.8 Å². The van der Waals surface area contributed by atoms with Crippen LogP contribution in [-0.4, -0.2) is 35.8 Å². The van der Waals surface area contributed by atoms with Gasteiger partial charge in [0.15, 0.2) is 0 Å². The molecule has 0 N–H and O–H groups in total. The molecule has 1 aromatic rings. The van der Waals surface area contributed by atoms with Gasteiger partial charge in [0.25, 0.3) is 5.91 Å². The molecule has 1 aliphatic heterocycles. The molecular weight excluding hydrogens is 280 g/mol. The fourth-order valence-electron chi connectivity index (χ4n) is 2.64. The number of nitrogens with zero attached hydrogens (tertiary/aromatic N) is 1. The monoisotopic (exact) mass is 297 g/mol. The van der Waals surface area contributed by atoms with E-state index >= 15 is 0 Å². The van der Waals surface area contributed by atoms with Crippen molar-refractivity contribution in [3.63, 3.8) is 0 Å². The normalized spacial score (nSPS) is 18.1. The molecule has 1 saturated heterocycles. The topological polar surface area (TPSA) is 46.6 Å². The van der Waals surface area contributed by atoms with Crippen LogP contribution < -0.4 is 4.74 Å². The van der Waals surface area contributed by atoms with Gasteiger partial charge in [0.2, 0.25) is 0 Å². The summed E-state index contributed by atoms with van der Waals surface area (Å²) in [7, 11) is 0. The van der Waals surface area contributed by atoms with Crippen LogP contribution >= 0.6 is 0 Å². The van der Waals surface area contributed by atoms with Crippen LogP contribution in [0, 0.1) is 0 Å². The summed E-state index contributed by atoms with van der Waals surface area (Å²) in [6, 6.07) is 5.78. The summed E-state index contributed by atoms with van der Waals surface area (Å²) in [5.41, 5.74) is 0.105. The maximum atomic E-state index is 12.5. The Morgan fingerprint density at radius 3 is 2.76 bits per heavy atom. The average Bonchev–Trinajstić information content (AvgIpc) is 2.85. The lowest BCUT2D eigenvalue weighted by Gasteiger charge is -2.24. The van der Waals surface area contributed by atoms with Crippen LogP contribution in [0.4, 0.5) is 8.78 Å². The molecule has 6 heteroatoms. The van der Waals surface area contributed by atoms with Gasteiger partial charge in [-0.05, 0) is 31.9 Å². The predicted octanol–water partition coefficient (Wildman–Crippen LogP) is 2.87. The Morgan fingerprint density at radius 1 is 1.38 bits per heavy atom. The molecule has 0 radical (unpaired) electrons. The smallest absolute Gasteiger partial charge is 0.387 e. The largest absolute Gasteiger partial charge is 0.434 e. The first kappa shape index (κ1) is 15.4. The van der Waals surface area contributed by atoms with E-state index in [0.29, 0.717) is 13.0 Å². The summed E-state index contributed by atoms with van der Waals surface area (Å²) in [5, 5.41) is 0. The van der Waals surface area contributed by atoms with E-state index in [1.54, 1.807) is 11.0 Å². The number of carbonyl (C=O) groups excluding carboxylic acids is 2. The van der Waals surface area contributed by atoms with Gasteiger partial charge in [0.05, 0.1) is 5.56 Å². The molecule has 0 aromatic heterocycles. The van der Waals surface area contributed by atoms with Crippen LogP contribution in [-0.2, 0) is 4.79 Å². The number of rotatable bonds is 5. The highest BCUT2D eigenvalue weighted by atomic mass is 19.3. The van der Waals surface area contributed by atoms with E-state index in [4.69, 9.17) is 0 Å². The number of halogens is 2. The molecule has 1 aromatic carbocycles. The Labute approximate surface area is 121 Å². The molecule has 0 bridgehead atoms. The Bertz CT molecular complexity index is 533. The van der Waals surface area contributed by atoms with Crippen molar-refractivity contribution in [2.24, 2.45) is 0 Å². The number of likely N-dealkylation sites (tertiary alicyclic amines) is 1. The number of ketones is 1. The third-order valence-corrected chi connectivity index (χ3v) is 3.49. The van der Waals surface area contributed by atoms with Gasteiger partial charge in [-0.15, -0.1) is 0 Å². The molecular formula is C15H17F2NO3. The number of carbonyl (C=O) groups is 2. The zero-order chi connectivity index (χ0) is 15.4. The average molecular weight is 297 g/mol. The molecule has 1 amide bonds. The predicted molar refractivity (Wildman–Crippen MR) is 72.4 cm³/mol.